The number of quaternary nitrogens is 1. The van der Waals surface area contributed by atoms with Crippen LogP contribution in [-0.2, 0) is 13.1 Å². The number of nitrogens with zero attached hydrogens (tertiary/aromatic N) is 1. The van der Waals surface area contributed by atoms with Gasteiger partial charge in [0.05, 0.1) is 13.1 Å². The van der Waals surface area contributed by atoms with Crippen LogP contribution in [0.1, 0.15) is 24.0 Å². The van der Waals surface area contributed by atoms with E-state index < -0.39 is 34.9 Å². The fourth-order valence-corrected chi connectivity index (χ4v) is 7.67. The Balaban J connectivity index is 0.00000338. The zero-order valence-electron chi connectivity index (χ0n) is 24.4. The normalized spacial score (nSPS) is 15.1. The van der Waals surface area contributed by atoms with Gasteiger partial charge in [-0.15, -0.1) is 0 Å². The molecule has 0 atom stereocenters. The first-order valence-corrected chi connectivity index (χ1v) is 15.0. The van der Waals surface area contributed by atoms with Crippen LogP contribution in [0, 0.1) is 34.9 Å². The maximum absolute atomic E-state index is 14.7. The van der Waals surface area contributed by atoms with Gasteiger partial charge < -0.3 is 21.5 Å². The molecular formula is C38H26BrF6N. The minimum absolute atomic E-state index is 0. The largest absolute Gasteiger partial charge is 1.00 e. The van der Waals surface area contributed by atoms with Crippen molar-refractivity contribution in [3.05, 3.63) is 131 Å². The van der Waals surface area contributed by atoms with Gasteiger partial charge >= 0.3 is 0 Å². The second kappa shape index (κ2) is 11.3. The van der Waals surface area contributed by atoms with Gasteiger partial charge in [0.1, 0.15) is 13.1 Å². The average Bonchev–Trinajstić information content (AvgIpc) is 3.43. The van der Waals surface area contributed by atoms with Crippen molar-refractivity contribution in [3.63, 3.8) is 0 Å². The van der Waals surface area contributed by atoms with Crippen molar-refractivity contribution in [1.29, 1.82) is 0 Å². The summed E-state index contributed by atoms with van der Waals surface area (Å²) in [6.07, 6.45) is 1.94. The van der Waals surface area contributed by atoms with Crippen LogP contribution >= 0.6 is 0 Å². The van der Waals surface area contributed by atoms with Crippen LogP contribution in [0.15, 0.2) is 84.9 Å². The van der Waals surface area contributed by atoms with Crippen molar-refractivity contribution in [1.82, 2.24) is 0 Å². The summed E-state index contributed by atoms with van der Waals surface area (Å²) in [4.78, 5) is 0. The molecule has 0 aliphatic carbocycles. The minimum atomic E-state index is -1.52. The van der Waals surface area contributed by atoms with E-state index in [4.69, 9.17) is 0 Å². The first-order valence-electron chi connectivity index (χ1n) is 15.0. The van der Waals surface area contributed by atoms with Crippen molar-refractivity contribution in [2.45, 2.75) is 25.9 Å². The molecule has 1 nitrogen and oxygen atoms in total. The van der Waals surface area contributed by atoms with Gasteiger partial charge in [-0.3, -0.25) is 0 Å². The number of hydrogen-bond donors (Lipinski definition) is 0. The molecule has 0 unspecified atom stereocenters. The van der Waals surface area contributed by atoms with Gasteiger partial charge in [0.15, 0.2) is 34.9 Å². The third-order valence-electron chi connectivity index (χ3n) is 9.66. The number of rotatable bonds is 2. The van der Waals surface area contributed by atoms with Crippen molar-refractivity contribution in [3.8, 4) is 33.4 Å². The summed E-state index contributed by atoms with van der Waals surface area (Å²) in [5.41, 5.74) is 5.16. The smallest absolute Gasteiger partial charge is 0.194 e. The Morgan fingerprint density at radius 1 is 0.478 bits per heavy atom. The number of halogens is 7. The predicted octanol–water partition coefficient (Wildman–Crippen LogP) is 7.46. The van der Waals surface area contributed by atoms with Crippen molar-refractivity contribution >= 4 is 21.5 Å². The standard InChI is InChI=1S/C38H26F6N.BrH/c39-31-15-23(16-32(40)37(31)43)27-13-21-7-1-3-9-25(21)35-29(27)19-45(11-5-6-12-45)20-30-28(24-17-33(41)38(44)34(42)18-24)14-22-8-2-4-10-26(22)36(30)35;/h1-4,7-10,13-18H,5-6,11-12,19-20H2;1H/q+1;/p-1. The van der Waals surface area contributed by atoms with E-state index in [9.17, 15) is 26.3 Å². The molecule has 0 amide bonds. The van der Waals surface area contributed by atoms with E-state index >= 15 is 0 Å². The Kier molecular flexibility index (Phi) is 7.48. The minimum Gasteiger partial charge on any atom is -1.00 e. The fourth-order valence-electron chi connectivity index (χ4n) is 7.67. The van der Waals surface area contributed by atoms with Crippen LogP contribution in [0.3, 0.4) is 0 Å². The van der Waals surface area contributed by atoms with Gasteiger partial charge in [0, 0.05) is 35.1 Å². The van der Waals surface area contributed by atoms with Gasteiger partial charge in [-0.05, 0) is 80.2 Å². The zero-order chi connectivity index (χ0) is 31.0. The first-order chi connectivity index (χ1) is 21.7. The molecule has 8 heteroatoms. The molecule has 1 saturated heterocycles. The summed E-state index contributed by atoms with van der Waals surface area (Å²) in [6.45, 7) is 2.72. The highest BCUT2D eigenvalue weighted by Gasteiger charge is 2.40. The number of hydrogen-bond acceptors (Lipinski definition) is 0. The quantitative estimate of drug-likeness (QED) is 0.101. The summed E-state index contributed by atoms with van der Waals surface area (Å²) >= 11 is 0. The van der Waals surface area contributed by atoms with Crippen molar-refractivity contribution in [2.75, 3.05) is 13.1 Å². The lowest BCUT2D eigenvalue weighted by Gasteiger charge is -2.34. The highest BCUT2D eigenvalue weighted by molar-refractivity contribution is 6.11. The highest BCUT2D eigenvalue weighted by Crippen LogP contribution is 2.50. The topological polar surface area (TPSA) is 0 Å². The average molecular weight is 691 g/mol. The molecule has 0 bridgehead atoms. The summed E-state index contributed by atoms with van der Waals surface area (Å²) < 4.78 is 87.8. The molecule has 6 aromatic rings. The molecule has 0 saturated carbocycles. The van der Waals surface area contributed by atoms with E-state index in [0.29, 0.717) is 28.7 Å². The lowest BCUT2D eigenvalue weighted by molar-refractivity contribution is -0.942. The van der Waals surface area contributed by atoms with Crippen LogP contribution in [-0.4, -0.2) is 17.6 Å². The van der Waals surface area contributed by atoms with E-state index in [1.54, 1.807) is 0 Å². The molecule has 0 aromatic heterocycles. The molecule has 1 spiro atoms. The maximum atomic E-state index is 14.7. The molecule has 232 valence electrons. The van der Waals surface area contributed by atoms with Gasteiger partial charge in [0.2, 0.25) is 0 Å². The third kappa shape index (κ3) is 4.73. The lowest BCUT2D eigenvalue weighted by Crippen LogP contribution is -3.00. The molecule has 2 aliphatic rings. The monoisotopic (exact) mass is 689 g/mol. The lowest BCUT2D eigenvalue weighted by atomic mass is 9.82. The Bertz CT molecular complexity index is 2010. The molecule has 1 fully saturated rings. The summed E-state index contributed by atoms with van der Waals surface area (Å²) in [5.74, 6) is -8.10. The van der Waals surface area contributed by atoms with E-state index in [1.165, 1.54) is 0 Å². The van der Waals surface area contributed by atoms with Crippen LogP contribution in [0.25, 0.3) is 54.9 Å². The third-order valence-corrected chi connectivity index (χ3v) is 9.66. The fraction of sp³-hybridized carbons (Fsp3) is 0.158. The summed E-state index contributed by atoms with van der Waals surface area (Å²) in [7, 11) is 0. The van der Waals surface area contributed by atoms with Crippen molar-refractivity contribution in [2.24, 2.45) is 0 Å². The molecule has 0 N–H and O–H groups in total. The molecule has 8 rings (SSSR count). The maximum Gasteiger partial charge on any atom is 0.194 e. The first kappa shape index (κ1) is 30.5. The van der Waals surface area contributed by atoms with E-state index in [-0.39, 0.29) is 28.1 Å². The number of benzene rings is 6. The van der Waals surface area contributed by atoms with Crippen LogP contribution in [0.5, 0.6) is 0 Å². The molecule has 2 heterocycles. The molecule has 6 aromatic carbocycles. The van der Waals surface area contributed by atoms with E-state index in [0.717, 1.165) is 94.0 Å². The number of fused-ring (bicyclic) bond motifs is 7. The predicted molar refractivity (Wildman–Crippen MR) is 164 cm³/mol. The van der Waals surface area contributed by atoms with Gasteiger partial charge in [0.25, 0.3) is 0 Å². The molecule has 2 aliphatic heterocycles. The Hall–Kier alpha value is -4.14. The van der Waals surface area contributed by atoms with E-state index in [1.807, 2.05) is 60.7 Å². The van der Waals surface area contributed by atoms with Gasteiger partial charge in [-0.2, -0.15) is 0 Å². The van der Waals surface area contributed by atoms with Gasteiger partial charge in [-0.25, -0.2) is 26.3 Å². The Morgan fingerprint density at radius 3 is 1.24 bits per heavy atom. The van der Waals surface area contributed by atoms with Crippen LogP contribution in [0.4, 0.5) is 26.3 Å². The highest BCUT2D eigenvalue weighted by atomic mass is 79.9. The molecule has 46 heavy (non-hydrogen) atoms. The van der Waals surface area contributed by atoms with E-state index in [2.05, 4.69) is 0 Å². The Labute approximate surface area is 272 Å². The summed E-state index contributed by atoms with van der Waals surface area (Å²) in [6, 6.07) is 23.5. The molecular weight excluding hydrogens is 664 g/mol. The van der Waals surface area contributed by atoms with Crippen molar-refractivity contribution < 1.29 is 47.8 Å². The Morgan fingerprint density at radius 2 is 0.848 bits per heavy atom. The van der Waals surface area contributed by atoms with Gasteiger partial charge in [-0.1, -0.05) is 48.5 Å². The van der Waals surface area contributed by atoms with Crippen LogP contribution < -0.4 is 17.0 Å². The second-order valence-electron chi connectivity index (χ2n) is 12.3. The van der Waals surface area contributed by atoms with Crippen LogP contribution in [0.2, 0.25) is 0 Å². The second-order valence-corrected chi connectivity index (χ2v) is 12.3. The molecule has 0 radical (unpaired) electrons. The zero-order valence-corrected chi connectivity index (χ0v) is 26.0. The SMILES string of the molecule is Fc1cc(-c2cc3ccccc3c3c2C[N+]2(CCCC2)Cc2c(-c4cc(F)c(F)c(F)c4)cc4ccccc4c2-3)cc(F)c1F.[Br-]. The summed E-state index contributed by atoms with van der Waals surface area (Å²) in [5, 5.41) is 3.48.